The maximum Gasteiger partial charge on any atom is 0.252 e. The number of pyridine rings is 1. The van der Waals surface area contributed by atoms with Crippen molar-refractivity contribution >= 4 is 5.91 Å². The zero-order valence-electron chi connectivity index (χ0n) is 10.8. The van der Waals surface area contributed by atoms with Gasteiger partial charge in [-0.3, -0.25) is 9.78 Å². The van der Waals surface area contributed by atoms with Gasteiger partial charge in [-0.05, 0) is 11.6 Å². The van der Waals surface area contributed by atoms with Crippen LogP contribution in [0.4, 0.5) is 0 Å². The summed E-state index contributed by atoms with van der Waals surface area (Å²) in [5, 5.41) is 11.5. The molecular weight excluding hydrogens is 252 g/mol. The van der Waals surface area contributed by atoms with E-state index in [1.807, 2.05) is 30.3 Å². The Morgan fingerprint density at radius 3 is 2.80 bits per heavy atom. The average molecular weight is 266 g/mol. The van der Waals surface area contributed by atoms with Crippen molar-refractivity contribution in [3.05, 3.63) is 65.5 Å². The Hall–Kier alpha value is -2.64. The summed E-state index contributed by atoms with van der Waals surface area (Å²) in [5.74, 6) is 5.03. The molecule has 1 aromatic heterocycles. The van der Waals surface area contributed by atoms with E-state index in [1.54, 1.807) is 12.3 Å². The Labute approximate surface area is 117 Å². The molecule has 0 spiro atoms. The molecule has 0 aliphatic heterocycles. The van der Waals surface area contributed by atoms with Crippen molar-refractivity contribution in [2.24, 2.45) is 0 Å². The number of nitrogens with one attached hydrogen (secondary N) is 1. The lowest BCUT2D eigenvalue weighted by Crippen LogP contribution is -2.23. The molecule has 2 rings (SSSR count). The van der Waals surface area contributed by atoms with Gasteiger partial charge in [0, 0.05) is 18.9 Å². The first-order valence-corrected chi connectivity index (χ1v) is 6.17. The summed E-state index contributed by atoms with van der Waals surface area (Å²) in [6.45, 7) is 0.203. The lowest BCUT2D eigenvalue weighted by molar-refractivity contribution is 0.0950. The minimum atomic E-state index is -0.250. The first kappa shape index (κ1) is 13.8. The van der Waals surface area contributed by atoms with E-state index in [0.717, 1.165) is 5.56 Å². The molecule has 0 aliphatic rings. The molecule has 0 saturated heterocycles. The maximum atomic E-state index is 12.1. The van der Waals surface area contributed by atoms with Crippen LogP contribution in [-0.4, -0.2) is 22.6 Å². The Morgan fingerprint density at radius 2 is 2.05 bits per heavy atom. The Balaban J connectivity index is 2.09. The van der Waals surface area contributed by atoms with E-state index in [0.29, 0.717) is 17.7 Å². The highest BCUT2D eigenvalue weighted by atomic mass is 16.2. The monoisotopic (exact) mass is 266 g/mol. The number of nitrogens with zero attached hydrogens (tertiary/aromatic N) is 1. The van der Waals surface area contributed by atoms with Gasteiger partial charge in [0.05, 0.1) is 11.1 Å². The van der Waals surface area contributed by atoms with Crippen LogP contribution in [-0.2, 0) is 6.54 Å². The van der Waals surface area contributed by atoms with Crippen molar-refractivity contribution in [1.82, 2.24) is 10.3 Å². The molecule has 0 unspecified atom stereocenters. The molecule has 0 fully saturated rings. The van der Waals surface area contributed by atoms with Crippen LogP contribution in [0.1, 0.15) is 21.5 Å². The van der Waals surface area contributed by atoms with Crippen LogP contribution in [0.15, 0.2) is 48.8 Å². The topological polar surface area (TPSA) is 62.2 Å². The number of aliphatic hydroxyl groups excluding tert-OH is 1. The molecule has 1 heterocycles. The first-order chi connectivity index (χ1) is 9.81. The minimum absolute atomic E-state index is 0.210. The molecule has 0 atom stereocenters. The van der Waals surface area contributed by atoms with E-state index in [2.05, 4.69) is 22.1 Å². The number of amides is 1. The molecular formula is C16H14N2O2. The summed E-state index contributed by atoms with van der Waals surface area (Å²) in [5.41, 5.74) is 1.99. The number of carbonyl (C=O) groups excluding carboxylic acids is 1. The van der Waals surface area contributed by atoms with Gasteiger partial charge in [-0.25, -0.2) is 0 Å². The van der Waals surface area contributed by atoms with Gasteiger partial charge in [-0.15, -0.1) is 0 Å². The molecule has 20 heavy (non-hydrogen) atoms. The number of hydrogen-bond donors (Lipinski definition) is 2. The molecule has 1 amide bonds. The molecule has 100 valence electrons. The number of aromatic nitrogens is 1. The number of benzene rings is 1. The van der Waals surface area contributed by atoms with Crippen LogP contribution in [0.5, 0.6) is 0 Å². The van der Waals surface area contributed by atoms with Crippen molar-refractivity contribution in [1.29, 1.82) is 0 Å². The third-order valence-electron chi connectivity index (χ3n) is 2.66. The Bertz CT molecular complexity index is 642. The fourth-order valence-corrected chi connectivity index (χ4v) is 1.70. The standard InChI is InChI=1S/C16H14N2O2/c19-10-4-7-14-12-17-9-8-15(14)16(20)18-11-13-5-2-1-3-6-13/h1-3,5-6,8-9,12,19H,10-11H2,(H,18,20). The summed E-state index contributed by atoms with van der Waals surface area (Å²) >= 11 is 0. The van der Waals surface area contributed by atoms with Crippen molar-refractivity contribution < 1.29 is 9.90 Å². The van der Waals surface area contributed by atoms with Gasteiger partial charge < -0.3 is 10.4 Å². The second kappa shape index (κ2) is 7.07. The van der Waals surface area contributed by atoms with Gasteiger partial charge in [0.2, 0.25) is 0 Å². The number of aliphatic hydroxyl groups is 1. The fourth-order valence-electron chi connectivity index (χ4n) is 1.70. The van der Waals surface area contributed by atoms with Crippen molar-refractivity contribution in [2.75, 3.05) is 6.61 Å². The summed E-state index contributed by atoms with van der Waals surface area (Å²) in [6.07, 6.45) is 3.06. The van der Waals surface area contributed by atoms with Crippen LogP contribution in [0.3, 0.4) is 0 Å². The summed E-state index contributed by atoms with van der Waals surface area (Å²) in [7, 11) is 0. The van der Waals surface area contributed by atoms with Gasteiger partial charge in [0.25, 0.3) is 5.91 Å². The zero-order chi connectivity index (χ0) is 14.2. The molecule has 1 aromatic carbocycles. The first-order valence-electron chi connectivity index (χ1n) is 6.17. The lowest BCUT2D eigenvalue weighted by atomic mass is 10.1. The summed E-state index contributed by atoms with van der Waals surface area (Å²) < 4.78 is 0. The van der Waals surface area contributed by atoms with Gasteiger partial charge in [-0.2, -0.15) is 0 Å². The lowest BCUT2D eigenvalue weighted by Gasteiger charge is -2.06. The van der Waals surface area contributed by atoms with Gasteiger partial charge >= 0.3 is 0 Å². The van der Waals surface area contributed by atoms with Crippen LogP contribution in [0.2, 0.25) is 0 Å². The molecule has 0 bridgehead atoms. The summed E-state index contributed by atoms with van der Waals surface area (Å²) in [6, 6.07) is 11.3. The highest BCUT2D eigenvalue weighted by Gasteiger charge is 2.09. The van der Waals surface area contributed by atoms with Gasteiger partial charge in [0.15, 0.2) is 0 Å². The predicted octanol–water partition coefficient (Wildman–Crippen LogP) is 1.36. The highest BCUT2D eigenvalue weighted by Crippen LogP contribution is 2.06. The van der Waals surface area contributed by atoms with Gasteiger partial charge in [-0.1, -0.05) is 42.2 Å². The van der Waals surface area contributed by atoms with Crippen LogP contribution in [0, 0.1) is 11.8 Å². The Morgan fingerprint density at radius 1 is 1.25 bits per heavy atom. The molecule has 4 heteroatoms. The maximum absolute atomic E-state index is 12.1. The minimum Gasteiger partial charge on any atom is -0.384 e. The second-order valence-corrected chi connectivity index (χ2v) is 4.05. The predicted molar refractivity (Wildman–Crippen MR) is 75.8 cm³/mol. The van der Waals surface area contributed by atoms with E-state index in [-0.39, 0.29) is 12.5 Å². The molecule has 0 aliphatic carbocycles. The zero-order valence-corrected chi connectivity index (χ0v) is 10.8. The van der Waals surface area contributed by atoms with E-state index in [1.165, 1.54) is 6.20 Å². The van der Waals surface area contributed by atoms with E-state index in [4.69, 9.17) is 5.11 Å². The SMILES string of the molecule is O=C(NCc1ccccc1)c1ccncc1C#CCO. The average Bonchev–Trinajstić information content (AvgIpc) is 2.52. The van der Waals surface area contributed by atoms with Crippen LogP contribution < -0.4 is 5.32 Å². The molecule has 2 N–H and O–H groups in total. The fraction of sp³-hybridized carbons (Fsp3) is 0.125. The number of hydrogen-bond acceptors (Lipinski definition) is 3. The van der Waals surface area contributed by atoms with Crippen LogP contribution >= 0.6 is 0 Å². The van der Waals surface area contributed by atoms with Crippen molar-refractivity contribution in [3.8, 4) is 11.8 Å². The van der Waals surface area contributed by atoms with E-state index < -0.39 is 0 Å². The molecule has 4 nitrogen and oxygen atoms in total. The smallest absolute Gasteiger partial charge is 0.252 e. The van der Waals surface area contributed by atoms with Crippen molar-refractivity contribution in [2.45, 2.75) is 6.54 Å². The Kier molecular flexibility index (Phi) is 4.87. The second-order valence-electron chi connectivity index (χ2n) is 4.05. The normalized spacial score (nSPS) is 9.45. The van der Waals surface area contributed by atoms with Crippen molar-refractivity contribution in [3.63, 3.8) is 0 Å². The number of carbonyl (C=O) groups is 1. The summed E-state index contributed by atoms with van der Waals surface area (Å²) in [4.78, 5) is 16.1. The number of rotatable bonds is 3. The molecule has 2 aromatic rings. The van der Waals surface area contributed by atoms with Crippen LogP contribution in [0.25, 0.3) is 0 Å². The van der Waals surface area contributed by atoms with Gasteiger partial charge in [0.1, 0.15) is 6.61 Å². The third-order valence-corrected chi connectivity index (χ3v) is 2.66. The highest BCUT2D eigenvalue weighted by molar-refractivity contribution is 5.96. The quantitative estimate of drug-likeness (QED) is 0.824. The van der Waals surface area contributed by atoms with E-state index in [9.17, 15) is 4.79 Å². The third kappa shape index (κ3) is 3.67. The molecule has 0 radical (unpaired) electrons. The molecule has 0 saturated carbocycles. The largest absolute Gasteiger partial charge is 0.384 e. The van der Waals surface area contributed by atoms with E-state index >= 15 is 0 Å².